The number of aromatic amines is 1. The molecule has 0 atom stereocenters. The average Bonchev–Trinajstić information content (AvgIpc) is 3.03. The molecule has 2 aromatic carbocycles. The third-order valence-electron chi connectivity index (χ3n) is 3.50. The number of halogens is 1. The first-order valence-electron chi connectivity index (χ1n) is 7.27. The lowest BCUT2D eigenvalue weighted by atomic mass is 10.1. The molecular formula is C18H16ClN3O. The zero-order valence-corrected chi connectivity index (χ0v) is 13.4. The van der Waals surface area contributed by atoms with Crippen LogP contribution in [-0.4, -0.2) is 16.1 Å². The molecule has 0 unspecified atom stereocenters. The fourth-order valence-corrected chi connectivity index (χ4v) is 2.48. The normalized spacial score (nSPS) is 10.5. The number of nitrogens with zero attached hydrogens (tertiary/aromatic N) is 1. The minimum absolute atomic E-state index is 0.0335. The van der Waals surface area contributed by atoms with Crippen molar-refractivity contribution in [3.63, 3.8) is 0 Å². The van der Waals surface area contributed by atoms with Crippen molar-refractivity contribution in [2.75, 3.05) is 0 Å². The largest absolute Gasteiger partial charge is 0.352 e. The number of rotatable bonds is 4. The zero-order chi connectivity index (χ0) is 16.2. The molecule has 3 rings (SSSR count). The molecular weight excluding hydrogens is 310 g/mol. The van der Waals surface area contributed by atoms with E-state index in [0.717, 1.165) is 28.1 Å². The maximum atomic E-state index is 10.9. The fourth-order valence-electron chi connectivity index (χ4n) is 2.29. The smallest absolute Gasteiger partial charge is 0.217 e. The summed E-state index contributed by atoms with van der Waals surface area (Å²) in [5, 5.41) is 10.9. The number of H-pyrrole nitrogens is 1. The molecule has 3 aromatic rings. The van der Waals surface area contributed by atoms with Crippen LogP contribution in [0.4, 0.5) is 0 Å². The van der Waals surface area contributed by atoms with E-state index >= 15 is 0 Å². The van der Waals surface area contributed by atoms with Crippen LogP contribution in [0.25, 0.3) is 22.5 Å². The number of amides is 1. The van der Waals surface area contributed by atoms with Gasteiger partial charge in [-0.3, -0.25) is 9.89 Å². The summed E-state index contributed by atoms with van der Waals surface area (Å²) >= 11 is 6.02. The van der Waals surface area contributed by atoms with Gasteiger partial charge in [0.2, 0.25) is 5.91 Å². The van der Waals surface area contributed by atoms with Crippen LogP contribution >= 0.6 is 11.6 Å². The Morgan fingerprint density at radius 3 is 2.61 bits per heavy atom. The first-order valence-corrected chi connectivity index (χ1v) is 7.65. The summed E-state index contributed by atoms with van der Waals surface area (Å²) in [5.74, 6) is -0.0335. The molecule has 116 valence electrons. The number of benzene rings is 2. The summed E-state index contributed by atoms with van der Waals surface area (Å²) in [6.07, 6.45) is 0. The number of hydrogen-bond donors (Lipinski definition) is 2. The number of carbonyl (C=O) groups is 1. The van der Waals surface area contributed by atoms with E-state index < -0.39 is 0 Å². The Morgan fingerprint density at radius 1 is 1.13 bits per heavy atom. The Hall–Kier alpha value is -2.59. The Bertz CT molecular complexity index is 824. The standard InChI is InChI=1S/C18H16ClN3O/c1-12(23)20-11-13-5-7-14(8-6-13)17-10-18(22-21-17)15-3-2-4-16(19)9-15/h2-10H,11H2,1H3,(H,20,23)(H,21,22). The van der Waals surface area contributed by atoms with Crippen molar-refractivity contribution >= 4 is 17.5 Å². The minimum Gasteiger partial charge on any atom is -0.352 e. The van der Waals surface area contributed by atoms with Gasteiger partial charge in [-0.1, -0.05) is 48.0 Å². The topological polar surface area (TPSA) is 57.8 Å². The van der Waals surface area contributed by atoms with Crippen LogP contribution in [0.5, 0.6) is 0 Å². The number of carbonyl (C=O) groups excluding carboxylic acids is 1. The Morgan fingerprint density at radius 2 is 1.91 bits per heavy atom. The molecule has 0 fully saturated rings. The highest BCUT2D eigenvalue weighted by Crippen LogP contribution is 2.25. The summed E-state index contributed by atoms with van der Waals surface area (Å²) in [4.78, 5) is 10.9. The van der Waals surface area contributed by atoms with Crippen molar-refractivity contribution in [3.05, 3.63) is 65.2 Å². The van der Waals surface area contributed by atoms with Gasteiger partial charge in [0.15, 0.2) is 0 Å². The van der Waals surface area contributed by atoms with Crippen molar-refractivity contribution in [2.45, 2.75) is 13.5 Å². The predicted octanol–water partition coefficient (Wildman–Crippen LogP) is 4.03. The monoisotopic (exact) mass is 325 g/mol. The lowest BCUT2D eigenvalue weighted by Gasteiger charge is -2.03. The van der Waals surface area contributed by atoms with E-state index in [1.54, 1.807) is 0 Å². The second kappa shape index (κ2) is 6.67. The highest BCUT2D eigenvalue weighted by Gasteiger charge is 2.06. The fraction of sp³-hybridized carbons (Fsp3) is 0.111. The second-order valence-corrected chi connectivity index (χ2v) is 5.72. The SMILES string of the molecule is CC(=O)NCc1ccc(-c2cc(-c3cccc(Cl)c3)n[nH]2)cc1. The van der Waals surface area contributed by atoms with E-state index in [4.69, 9.17) is 11.6 Å². The lowest BCUT2D eigenvalue weighted by molar-refractivity contribution is -0.119. The molecule has 0 bridgehead atoms. The van der Waals surface area contributed by atoms with Crippen LogP contribution in [0.1, 0.15) is 12.5 Å². The summed E-state index contributed by atoms with van der Waals surface area (Å²) in [5.41, 5.74) is 4.86. The Kier molecular flexibility index (Phi) is 4.44. The Balaban J connectivity index is 1.79. The summed E-state index contributed by atoms with van der Waals surface area (Å²) < 4.78 is 0. The molecule has 0 aliphatic rings. The molecule has 2 N–H and O–H groups in total. The molecule has 0 spiro atoms. The van der Waals surface area contributed by atoms with Gasteiger partial charge in [-0.05, 0) is 29.3 Å². The van der Waals surface area contributed by atoms with Crippen LogP contribution < -0.4 is 5.32 Å². The molecule has 0 saturated carbocycles. The van der Waals surface area contributed by atoms with Gasteiger partial charge in [-0.25, -0.2) is 0 Å². The molecule has 0 aliphatic heterocycles. The minimum atomic E-state index is -0.0335. The molecule has 4 nitrogen and oxygen atoms in total. The van der Waals surface area contributed by atoms with Crippen LogP contribution in [0, 0.1) is 0 Å². The van der Waals surface area contributed by atoms with E-state index in [2.05, 4.69) is 15.5 Å². The average molecular weight is 326 g/mol. The van der Waals surface area contributed by atoms with Crippen molar-refractivity contribution in [1.29, 1.82) is 0 Å². The maximum Gasteiger partial charge on any atom is 0.217 e. The predicted molar refractivity (Wildman–Crippen MR) is 92.0 cm³/mol. The molecule has 1 aromatic heterocycles. The van der Waals surface area contributed by atoms with Crippen molar-refractivity contribution in [1.82, 2.24) is 15.5 Å². The van der Waals surface area contributed by atoms with Gasteiger partial charge in [0, 0.05) is 24.1 Å². The van der Waals surface area contributed by atoms with Crippen molar-refractivity contribution in [2.24, 2.45) is 0 Å². The van der Waals surface area contributed by atoms with Gasteiger partial charge in [0.25, 0.3) is 0 Å². The van der Waals surface area contributed by atoms with Gasteiger partial charge in [-0.2, -0.15) is 5.10 Å². The lowest BCUT2D eigenvalue weighted by Crippen LogP contribution is -2.18. The van der Waals surface area contributed by atoms with E-state index in [9.17, 15) is 4.79 Å². The molecule has 0 aliphatic carbocycles. The second-order valence-electron chi connectivity index (χ2n) is 5.28. The molecule has 0 saturated heterocycles. The highest BCUT2D eigenvalue weighted by atomic mass is 35.5. The van der Waals surface area contributed by atoms with E-state index in [1.807, 2.05) is 54.6 Å². The van der Waals surface area contributed by atoms with Gasteiger partial charge in [0.1, 0.15) is 0 Å². The van der Waals surface area contributed by atoms with Gasteiger partial charge in [-0.15, -0.1) is 0 Å². The zero-order valence-electron chi connectivity index (χ0n) is 12.6. The third-order valence-corrected chi connectivity index (χ3v) is 3.74. The summed E-state index contributed by atoms with van der Waals surface area (Å²) in [6.45, 7) is 2.04. The van der Waals surface area contributed by atoms with Crippen LogP contribution in [-0.2, 0) is 11.3 Å². The van der Waals surface area contributed by atoms with Crippen LogP contribution in [0.15, 0.2) is 54.6 Å². The highest BCUT2D eigenvalue weighted by molar-refractivity contribution is 6.30. The molecule has 23 heavy (non-hydrogen) atoms. The number of hydrogen-bond acceptors (Lipinski definition) is 2. The van der Waals surface area contributed by atoms with Gasteiger partial charge in [0.05, 0.1) is 11.4 Å². The van der Waals surface area contributed by atoms with Gasteiger partial charge < -0.3 is 5.32 Å². The molecule has 5 heteroatoms. The first kappa shape index (κ1) is 15.3. The molecule has 1 heterocycles. The van der Waals surface area contributed by atoms with Crippen molar-refractivity contribution < 1.29 is 4.79 Å². The molecule has 0 radical (unpaired) electrons. The number of nitrogens with one attached hydrogen (secondary N) is 2. The summed E-state index contributed by atoms with van der Waals surface area (Å²) in [6, 6.07) is 17.6. The van der Waals surface area contributed by atoms with E-state index in [-0.39, 0.29) is 5.91 Å². The van der Waals surface area contributed by atoms with Crippen molar-refractivity contribution in [3.8, 4) is 22.5 Å². The van der Waals surface area contributed by atoms with E-state index in [0.29, 0.717) is 11.6 Å². The van der Waals surface area contributed by atoms with E-state index in [1.165, 1.54) is 6.92 Å². The quantitative estimate of drug-likeness (QED) is 0.760. The third kappa shape index (κ3) is 3.79. The maximum absolute atomic E-state index is 10.9. The Labute approximate surface area is 139 Å². The first-order chi connectivity index (χ1) is 11.1. The summed E-state index contributed by atoms with van der Waals surface area (Å²) in [7, 11) is 0. The van der Waals surface area contributed by atoms with Gasteiger partial charge >= 0.3 is 0 Å². The molecule has 1 amide bonds. The van der Waals surface area contributed by atoms with Crippen LogP contribution in [0.2, 0.25) is 5.02 Å². The van der Waals surface area contributed by atoms with Crippen LogP contribution in [0.3, 0.4) is 0 Å². The number of aromatic nitrogens is 2.